The molecule has 7 heteroatoms. The highest BCUT2D eigenvalue weighted by molar-refractivity contribution is 5.98. The minimum absolute atomic E-state index is 0.0269. The molecule has 2 heterocycles. The van der Waals surface area contributed by atoms with Gasteiger partial charge in [0.15, 0.2) is 0 Å². The lowest BCUT2D eigenvalue weighted by atomic mass is 10.3. The summed E-state index contributed by atoms with van der Waals surface area (Å²) in [5.74, 6) is -0.386. The van der Waals surface area contributed by atoms with Crippen LogP contribution >= 0.6 is 0 Å². The lowest BCUT2D eigenvalue weighted by Crippen LogP contribution is -2.53. The predicted molar refractivity (Wildman–Crippen MR) is 57.1 cm³/mol. The average molecular weight is 241 g/mol. The molecular formula is C10H15N3O4. The fraction of sp³-hybridized carbons (Fsp3) is 0.700. The second-order valence-corrected chi connectivity index (χ2v) is 4.02. The van der Waals surface area contributed by atoms with Crippen LogP contribution in [0, 0.1) is 0 Å². The van der Waals surface area contributed by atoms with E-state index in [-0.39, 0.29) is 24.8 Å². The van der Waals surface area contributed by atoms with Gasteiger partial charge in [-0.1, -0.05) is 0 Å². The molecule has 2 aliphatic heterocycles. The van der Waals surface area contributed by atoms with Gasteiger partial charge in [-0.15, -0.1) is 0 Å². The van der Waals surface area contributed by atoms with Gasteiger partial charge < -0.3 is 14.5 Å². The maximum atomic E-state index is 11.9. The summed E-state index contributed by atoms with van der Waals surface area (Å²) in [6.07, 6.45) is 0.252. The molecule has 0 bridgehead atoms. The number of hydrogen-bond donors (Lipinski definition) is 1. The van der Waals surface area contributed by atoms with Gasteiger partial charge in [0.05, 0.1) is 13.2 Å². The molecule has 0 saturated carbocycles. The maximum absolute atomic E-state index is 11.9. The van der Waals surface area contributed by atoms with Crippen LogP contribution in [0.1, 0.15) is 6.42 Å². The Morgan fingerprint density at radius 1 is 1.24 bits per heavy atom. The molecule has 0 aromatic heterocycles. The Bertz CT molecular complexity index is 338. The smallest absolute Gasteiger partial charge is 0.324 e. The van der Waals surface area contributed by atoms with Gasteiger partial charge >= 0.3 is 6.03 Å². The minimum Gasteiger partial charge on any atom is -0.378 e. The molecule has 0 radical (unpaired) electrons. The highest BCUT2D eigenvalue weighted by atomic mass is 16.5. The van der Waals surface area contributed by atoms with Gasteiger partial charge in [0.25, 0.3) is 0 Å². The van der Waals surface area contributed by atoms with E-state index in [4.69, 9.17) is 4.74 Å². The van der Waals surface area contributed by atoms with Crippen molar-refractivity contribution in [2.45, 2.75) is 6.42 Å². The van der Waals surface area contributed by atoms with Crippen molar-refractivity contribution >= 4 is 17.8 Å². The number of morpholine rings is 1. The fourth-order valence-corrected chi connectivity index (χ4v) is 1.83. The molecule has 2 rings (SSSR count). The lowest BCUT2D eigenvalue weighted by Gasteiger charge is -2.31. The van der Waals surface area contributed by atoms with Crippen LogP contribution in [0.2, 0.25) is 0 Å². The van der Waals surface area contributed by atoms with E-state index in [1.165, 1.54) is 4.90 Å². The molecule has 94 valence electrons. The zero-order valence-electron chi connectivity index (χ0n) is 9.48. The number of rotatable bonds is 2. The Balaban J connectivity index is 1.85. The third kappa shape index (κ3) is 2.94. The highest BCUT2D eigenvalue weighted by Crippen LogP contribution is 2.03. The van der Waals surface area contributed by atoms with Crippen LogP contribution < -0.4 is 5.32 Å². The zero-order valence-corrected chi connectivity index (χ0v) is 9.48. The van der Waals surface area contributed by atoms with E-state index in [2.05, 4.69) is 5.32 Å². The molecule has 0 unspecified atom stereocenters. The van der Waals surface area contributed by atoms with Crippen molar-refractivity contribution in [1.82, 2.24) is 15.1 Å². The number of carbonyl (C=O) groups is 3. The van der Waals surface area contributed by atoms with Crippen molar-refractivity contribution in [3.8, 4) is 0 Å². The summed E-state index contributed by atoms with van der Waals surface area (Å²) in [6, 6.07) is -0.483. The summed E-state index contributed by atoms with van der Waals surface area (Å²) in [5, 5.41) is 2.19. The Kier molecular flexibility index (Phi) is 3.58. The van der Waals surface area contributed by atoms with E-state index in [0.29, 0.717) is 32.8 Å². The van der Waals surface area contributed by atoms with Gasteiger partial charge in [-0.05, 0) is 0 Å². The van der Waals surface area contributed by atoms with Crippen LogP contribution in [-0.2, 0) is 14.3 Å². The van der Waals surface area contributed by atoms with Crippen LogP contribution in [0.5, 0.6) is 0 Å². The standard InChI is InChI=1S/C10H15N3O4/c14-8-1-2-13(10(16)11-8)7-9(15)12-3-5-17-6-4-12/h1-7H2,(H,11,14,16). The normalized spacial score (nSPS) is 21.4. The average Bonchev–Trinajstić information content (AvgIpc) is 2.34. The Hall–Kier alpha value is -1.63. The number of nitrogens with one attached hydrogen (secondary N) is 1. The van der Waals surface area contributed by atoms with Gasteiger partial charge in [0.2, 0.25) is 11.8 Å². The highest BCUT2D eigenvalue weighted by Gasteiger charge is 2.27. The molecular weight excluding hydrogens is 226 g/mol. The van der Waals surface area contributed by atoms with Gasteiger partial charge in [0, 0.05) is 26.1 Å². The summed E-state index contributed by atoms with van der Waals surface area (Å²) in [4.78, 5) is 37.2. The van der Waals surface area contributed by atoms with Gasteiger partial charge in [-0.25, -0.2) is 4.79 Å². The monoisotopic (exact) mass is 241 g/mol. The number of nitrogens with zero attached hydrogens (tertiary/aromatic N) is 2. The third-order valence-corrected chi connectivity index (χ3v) is 2.83. The molecule has 2 fully saturated rings. The van der Waals surface area contributed by atoms with Crippen LogP contribution in [0.3, 0.4) is 0 Å². The van der Waals surface area contributed by atoms with Crippen molar-refractivity contribution < 1.29 is 19.1 Å². The van der Waals surface area contributed by atoms with E-state index in [1.807, 2.05) is 0 Å². The summed E-state index contributed by atoms with van der Waals surface area (Å²) < 4.78 is 5.14. The topological polar surface area (TPSA) is 79.0 Å². The molecule has 0 aromatic carbocycles. The molecule has 1 N–H and O–H groups in total. The molecule has 0 spiro atoms. The van der Waals surface area contributed by atoms with Crippen LogP contribution in [0.25, 0.3) is 0 Å². The first-order chi connectivity index (χ1) is 8.16. The minimum atomic E-state index is -0.483. The summed E-state index contributed by atoms with van der Waals surface area (Å²) in [6.45, 7) is 2.53. The van der Waals surface area contributed by atoms with Gasteiger partial charge in [0.1, 0.15) is 6.54 Å². The first-order valence-electron chi connectivity index (χ1n) is 5.61. The third-order valence-electron chi connectivity index (χ3n) is 2.83. The van der Waals surface area contributed by atoms with E-state index in [9.17, 15) is 14.4 Å². The fourth-order valence-electron chi connectivity index (χ4n) is 1.83. The van der Waals surface area contributed by atoms with E-state index in [1.54, 1.807) is 4.90 Å². The van der Waals surface area contributed by atoms with E-state index < -0.39 is 6.03 Å². The molecule has 4 amide bonds. The molecule has 0 aromatic rings. The number of ether oxygens (including phenoxy) is 1. The summed E-state index contributed by atoms with van der Waals surface area (Å²) in [5.41, 5.74) is 0. The summed E-state index contributed by atoms with van der Waals surface area (Å²) in [7, 11) is 0. The largest absolute Gasteiger partial charge is 0.378 e. The van der Waals surface area contributed by atoms with Gasteiger partial charge in [-0.3, -0.25) is 14.9 Å². The first-order valence-corrected chi connectivity index (χ1v) is 5.61. The molecule has 0 atom stereocenters. The Morgan fingerprint density at radius 2 is 1.94 bits per heavy atom. The van der Waals surface area contributed by atoms with Crippen molar-refractivity contribution in [2.24, 2.45) is 0 Å². The number of amides is 4. The Labute approximate surface area is 98.7 Å². The number of hydrogen-bond acceptors (Lipinski definition) is 4. The quantitative estimate of drug-likeness (QED) is 0.657. The van der Waals surface area contributed by atoms with Crippen molar-refractivity contribution in [1.29, 1.82) is 0 Å². The maximum Gasteiger partial charge on any atom is 0.324 e. The second kappa shape index (κ2) is 5.13. The van der Waals surface area contributed by atoms with Gasteiger partial charge in [-0.2, -0.15) is 0 Å². The molecule has 2 saturated heterocycles. The second-order valence-electron chi connectivity index (χ2n) is 4.02. The van der Waals surface area contributed by atoms with Crippen molar-refractivity contribution in [3.63, 3.8) is 0 Å². The summed E-state index contributed by atoms with van der Waals surface area (Å²) >= 11 is 0. The predicted octanol–water partition coefficient (Wildman–Crippen LogP) is -1.21. The van der Waals surface area contributed by atoms with Crippen LogP contribution in [0.4, 0.5) is 4.79 Å². The lowest BCUT2D eigenvalue weighted by molar-refractivity contribution is -0.136. The van der Waals surface area contributed by atoms with Crippen LogP contribution in [-0.4, -0.2) is 67.0 Å². The number of imide groups is 1. The SMILES string of the molecule is O=C1CCN(CC(=O)N2CCOCC2)C(=O)N1. The van der Waals surface area contributed by atoms with E-state index in [0.717, 1.165) is 0 Å². The number of urea groups is 1. The van der Waals surface area contributed by atoms with E-state index >= 15 is 0 Å². The Morgan fingerprint density at radius 3 is 2.59 bits per heavy atom. The molecule has 0 aliphatic carbocycles. The first kappa shape index (κ1) is 11.8. The molecule has 7 nitrogen and oxygen atoms in total. The van der Waals surface area contributed by atoms with Crippen molar-refractivity contribution in [3.05, 3.63) is 0 Å². The van der Waals surface area contributed by atoms with Crippen LogP contribution in [0.15, 0.2) is 0 Å². The zero-order chi connectivity index (χ0) is 12.3. The number of carbonyl (C=O) groups excluding carboxylic acids is 3. The molecule has 17 heavy (non-hydrogen) atoms. The van der Waals surface area contributed by atoms with Crippen molar-refractivity contribution in [2.75, 3.05) is 39.4 Å². The molecule has 2 aliphatic rings.